The van der Waals surface area contributed by atoms with Crippen molar-refractivity contribution in [2.24, 2.45) is 4.99 Å². The first-order valence-corrected chi connectivity index (χ1v) is 16.1. The van der Waals surface area contributed by atoms with E-state index in [9.17, 15) is 9.59 Å². The van der Waals surface area contributed by atoms with Crippen molar-refractivity contribution in [3.05, 3.63) is 140 Å². The van der Waals surface area contributed by atoms with Crippen molar-refractivity contribution >= 4 is 23.4 Å². The van der Waals surface area contributed by atoms with Gasteiger partial charge in [0.25, 0.3) is 5.56 Å². The second kappa shape index (κ2) is 13.9. The first kappa shape index (κ1) is 31.5. The largest absolute Gasteiger partial charge is 0.497 e. The molecule has 0 unspecified atom stereocenters. The molecule has 9 nitrogen and oxygen atoms in total. The minimum absolute atomic E-state index is 0.0370. The van der Waals surface area contributed by atoms with Gasteiger partial charge in [0.2, 0.25) is 0 Å². The van der Waals surface area contributed by atoms with Gasteiger partial charge < -0.3 is 14.2 Å². The Morgan fingerprint density at radius 1 is 1.02 bits per heavy atom. The third-order valence-electron chi connectivity index (χ3n) is 7.66. The number of ether oxygens (including phenoxy) is 3. The topological polar surface area (TPSA) is 96.9 Å². The Kier molecular flexibility index (Phi) is 9.30. The van der Waals surface area contributed by atoms with Crippen molar-refractivity contribution in [3.63, 3.8) is 0 Å². The van der Waals surface area contributed by atoms with Crippen LogP contribution >= 0.6 is 11.3 Å². The van der Waals surface area contributed by atoms with Crippen LogP contribution in [0, 0.1) is 0 Å². The van der Waals surface area contributed by atoms with E-state index in [-0.39, 0.29) is 12.2 Å². The normalized spacial score (nSPS) is 14.4. The number of para-hydroxylation sites is 1. The summed E-state index contributed by atoms with van der Waals surface area (Å²) in [5.41, 5.74) is 4.44. The lowest BCUT2D eigenvalue weighted by molar-refractivity contribution is -0.138. The summed E-state index contributed by atoms with van der Waals surface area (Å²) in [6.45, 7) is 8.15. The van der Waals surface area contributed by atoms with E-state index in [1.807, 2.05) is 79.0 Å². The molecule has 3 heterocycles. The first-order valence-electron chi connectivity index (χ1n) is 15.2. The summed E-state index contributed by atoms with van der Waals surface area (Å²) in [7, 11) is 1.59. The van der Waals surface area contributed by atoms with Gasteiger partial charge in [0, 0.05) is 17.3 Å². The SMILES string of the molecule is C=CCOC(=O)C1=C(C)N=c2s/c(=C\c3cn(-c4ccccc4)nc3-c3ccc(OCCC)cc3)c(=O)n2[C@H]1c1ccc(OC)cc1. The summed E-state index contributed by atoms with van der Waals surface area (Å²) in [6, 6.07) is 24.1. The third-order valence-corrected chi connectivity index (χ3v) is 8.64. The fourth-order valence-corrected chi connectivity index (χ4v) is 6.43. The molecule has 0 N–H and O–H groups in total. The molecule has 0 bridgehead atoms. The van der Waals surface area contributed by atoms with Gasteiger partial charge in [0.05, 0.1) is 41.2 Å². The van der Waals surface area contributed by atoms with Gasteiger partial charge in [-0.3, -0.25) is 9.36 Å². The van der Waals surface area contributed by atoms with Crippen LogP contribution in [0.4, 0.5) is 0 Å². The molecule has 0 saturated heterocycles. The van der Waals surface area contributed by atoms with Crippen LogP contribution in [0.1, 0.15) is 37.4 Å². The van der Waals surface area contributed by atoms with Crippen LogP contribution in [0.5, 0.6) is 11.5 Å². The van der Waals surface area contributed by atoms with Gasteiger partial charge in [-0.2, -0.15) is 5.10 Å². The number of carbonyl (C=O) groups is 1. The van der Waals surface area contributed by atoms with Gasteiger partial charge in [-0.1, -0.05) is 61.2 Å². The molecular weight excluding hydrogens is 612 g/mol. The molecule has 47 heavy (non-hydrogen) atoms. The number of carbonyl (C=O) groups excluding carboxylic acids is 1. The number of aromatic nitrogens is 3. The van der Waals surface area contributed by atoms with Crippen molar-refractivity contribution in [2.45, 2.75) is 26.3 Å². The predicted octanol–water partition coefficient (Wildman–Crippen LogP) is 5.61. The molecule has 1 aliphatic rings. The number of methoxy groups -OCH3 is 1. The Bertz CT molecular complexity index is 2130. The molecule has 2 aromatic heterocycles. The number of rotatable bonds is 11. The maximum Gasteiger partial charge on any atom is 0.338 e. The Morgan fingerprint density at radius 2 is 1.74 bits per heavy atom. The van der Waals surface area contributed by atoms with Gasteiger partial charge in [0.1, 0.15) is 23.8 Å². The first-order chi connectivity index (χ1) is 22.9. The number of hydrogen-bond acceptors (Lipinski definition) is 8. The number of nitrogens with zero attached hydrogens (tertiary/aromatic N) is 4. The van der Waals surface area contributed by atoms with Gasteiger partial charge >= 0.3 is 5.97 Å². The van der Waals surface area contributed by atoms with E-state index in [1.165, 1.54) is 17.4 Å². The number of hydrogen-bond donors (Lipinski definition) is 0. The van der Waals surface area contributed by atoms with Gasteiger partial charge in [0.15, 0.2) is 4.80 Å². The quantitative estimate of drug-likeness (QED) is 0.137. The molecule has 6 rings (SSSR count). The highest BCUT2D eigenvalue weighted by Gasteiger charge is 2.33. The van der Waals surface area contributed by atoms with E-state index in [0.717, 1.165) is 34.5 Å². The Hall–Kier alpha value is -5.48. The molecule has 1 atom stereocenters. The molecule has 3 aromatic carbocycles. The summed E-state index contributed by atoms with van der Waals surface area (Å²) in [5, 5.41) is 4.93. The lowest BCUT2D eigenvalue weighted by Gasteiger charge is -2.24. The fraction of sp³-hybridized carbons (Fsp3) is 0.189. The summed E-state index contributed by atoms with van der Waals surface area (Å²) < 4.78 is 20.4. The van der Waals surface area contributed by atoms with Crippen LogP contribution in [-0.2, 0) is 9.53 Å². The molecule has 5 aromatic rings. The van der Waals surface area contributed by atoms with Crippen LogP contribution in [0.3, 0.4) is 0 Å². The molecule has 10 heteroatoms. The minimum atomic E-state index is -0.751. The fourth-order valence-electron chi connectivity index (χ4n) is 5.40. The second-order valence-corrected chi connectivity index (χ2v) is 11.8. The van der Waals surface area contributed by atoms with Crippen LogP contribution in [0.15, 0.2) is 119 Å². The highest BCUT2D eigenvalue weighted by Crippen LogP contribution is 2.32. The van der Waals surface area contributed by atoms with E-state index >= 15 is 0 Å². The van der Waals surface area contributed by atoms with E-state index < -0.39 is 12.0 Å². The monoisotopic (exact) mass is 646 g/mol. The average molecular weight is 647 g/mol. The van der Waals surface area contributed by atoms with Crippen molar-refractivity contribution < 1.29 is 19.0 Å². The molecule has 0 aliphatic carbocycles. The highest BCUT2D eigenvalue weighted by atomic mass is 32.1. The zero-order valence-electron chi connectivity index (χ0n) is 26.4. The van der Waals surface area contributed by atoms with E-state index in [1.54, 1.807) is 35.4 Å². The van der Waals surface area contributed by atoms with Crippen LogP contribution in [0.2, 0.25) is 0 Å². The molecule has 0 radical (unpaired) electrons. The van der Waals surface area contributed by atoms with E-state index in [0.29, 0.717) is 38.7 Å². The number of thiazole rings is 1. The number of benzene rings is 3. The zero-order valence-corrected chi connectivity index (χ0v) is 27.2. The standard InChI is InChI=1S/C37H34N4O5S/c1-5-20-45-30-18-12-25(13-19-30)33-27(23-40(39-33)28-10-8-7-9-11-28)22-31-35(42)41-34(26-14-16-29(44-4)17-15-26)32(36(43)46-21-6-2)24(3)38-37(41)47-31/h6-19,22-23,34H,2,5,20-21H2,1,3-4H3/b31-22-/t34-/m0/s1. The highest BCUT2D eigenvalue weighted by molar-refractivity contribution is 7.07. The Morgan fingerprint density at radius 3 is 2.43 bits per heavy atom. The smallest absolute Gasteiger partial charge is 0.338 e. The molecular formula is C37H34N4O5S. The number of esters is 1. The second-order valence-electron chi connectivity index (χ2n) is 10.8. The lowest BCUT2D eigenvalue weighted by Crippen LogP contribution is -2.39. The lowest BCUT2D eigenvalue weighted by atomic mass is 9.96. The average Bonchev–Trinajstić information content (AvgIpc) is 3.66. The van der Waals surface area contributed by atoms with Crippen LogP contribution in [0.25, 0.3) is 23.0 Å². The molecule has 0 spiro atoms. The predicted molar refractivity (Wildman–Crippen MR) is 183 cm³/mol. The number of allylic oxidation sites excluding steroid dienone is 1. The maximum atomic E-state index is 14.3. The molecule has 1 aliphatic heterocycles. The summed E-state index contributed by atoms with van der Waals surface area (Å²) in [4.78, 5) is 32.9. The molecule has 238 valence electrons. The third kappa shape index (κ3) is 6.45. The van der Waals surface area contributed by atoms with Crippen molar-refractivity contribution in [3.8, 4) is 28.4 Å². The number of fused-ring (bicyclic) bond motifs is 1. The molecule has 0 saturated carbocycles. The minimum Gasteiger partial charge on any atom is -0.497 e. The van der Waals surface area contributed by atoms with Crippen LogP contribution < -0.4 is 24.4 Å². The Labute approximate surface area is 276 Å². The van der Waals surface area contributed by atoms with Crippen molar-refractivity contribution in [1.29, 1.82) is 0 Å². The summed E-state index contributed by atoms with van der Waals surface area (Å²) in [6.07, 6.45) is 6.17. The van der Waals surface area contributed by atoms with Crippen LogP contribution in [-0.4, -0.2) is 40.6 Å². The van der Waals surface area contributed by atoms with E-state index in [4.69, 9.17) is 24.3 Å². The van der Waals surface area contributed by atoms with Gasteiger partial charge in [-0.25, -0.2) is 14.5 Å². The van der Waals surface area contributed by atoms with Gasteiger partial charge in [-0.15, -0.1) is 0 Å². The molecule has 0 amide bonds. The van der Waals surface area contributed by atoms with Crippen molar-refractivity contribution in [1.82, 2.24) is 14.3 Å². The van der Waals surface area contributed by atoms with Gasteiger partial charge in [-0.05, 0) is 73.5 Å². The zero-order chi connectivity index (χ0) is 32.9. The maximum absolute atomic E-state index is 14.3. The van der Waals surface area contributed by atoms with Crippen molar-refractivity contribution in [2.75, 3.05) is 20.3 Å². The molecule has 0 fully saturated rings. The summed E-state index contributed by atoms with van der Waals surface area (Å²) in [5.74, 6) is 0.883. The van der Waals surface area contributed by atoms with E-state index in [2.05, 4.69) is 13.5 Å². The summed E-state index contributed by atoms with van der Waals surface area (Å²) >= 11 is 1.26. The Balaban J connectivity index is 1.51.